The Bertz CT molecular complexity index is 1570. The van der Waals surface area contributed by atoms with Crippen LogP contribution in [0.3, 0.4) is 0 Å². The van der Waals surface area contributed by atoms with Crippen LogP contribution < -0.4 is 0 Å². The summed E-state index contributed by atoms with van der Waals surface area (Å²) < 4.78 is 27.7. The van der Waals surface area contributed by atoms with E-state index < -0.39 is 11.6 Å². The van der Waals surface area contributed by atoms with E-state index in [1.807, 2.05) is 53.1 Å². The Morgan fingerprint density at radius 1 is 0.750 bits per heavy atom. The van der Waals surface area contributed by atoms with E-state index in [2.05, 4.69) is 45.5 Å². The van der Waals surface area contributed by atoms with Crippen LogP contribution in [0, 0.1) is 24.0 Å². The van der Waals surface area contributed by atoms with Crippen molar-refractivity contribution in [1.82, 2.24) is 19.5 Å². The SMILES string of the molecule is Fc1c[c-]c(-c2ccccn2)c(F)c1.[Ir].[c-]1nc2ccccc2n1-c1ncccc1-c1ccccc1. The normalized spacial score (nSPS) is 10.3. The Morgan fingerprint density at radius 2 is 1.50 bits per heavy atom. The number of pyridine rings is 2. The number of benzene rings is 3. The zero-order valence-corrected chi connectivity index (χ0v) is 21.2. The molecule has 3 aromatic carbocycles. The molecule has 0 saturated carbocycles. The molecule has 179 valence electrons. The topological polar surface area (TPSA) is 43.6 Å². The first-order valence-electron chi connectivity index (χ1n) is 10.8. The van der Waals surface area contributed by atoms with Crippen molar-refractivity contribution in [3.05, 3.63) is 133 Å². The van der Waals surface area contributed by atoms with E-state index >= 15 is 0 Å². The van der Waals surface area contributed by atoms with Gasteiger partial charge in [0.25, 0.3) is 0 Å². The van der Waals surface area contributed by atoms with Crippen molar-refractivity contribution in [1.29, 1.82) is 0 Å². The third-order valence-electron chi connectivity index (χ3n) is 5.26. The molecule has 36 heavy (non-hydrogen) atoms. The summed E-state index contributed by atoms with van der Waals surface area (Å²) in [6.07, 6.45) is 6.39. The number of para-hydroxylation sites is 2. The average Bonchev–Trinajstić information content (AvgIpc) is 3.34. The number of halogens is 2. The molecule has 7 heteroatoms. The van der Waals surface area contributed by atoms with Gasteiger partial charge in [-0.05, 0) is 34.5 Å². The summed E-state index contributed by atoms with van der Waals surface area (Å²) in [6, 6.07) is 31.8. The first-order valence-corrected chi connectivity index (χ1v) is 10.8. The van der Waals surface area contributed by atoms with Crippen molar-refractivity contribution < 1.29 is 28.9 Å². The Labute approximate surface area is 220 Å². The minimum absolute atomic E-state index is 0. The second kappa shape index (κ2) is 11.6. The summed E-state index contributed by atoms with van der Waals surface area (Å²) in [4.78, 5) is 12.8. The predicted molar refractivity (Wildman–Crippen MR) is 132 cm³/mol. The molecule has 0 aliphatic rings. The van der Waals surface area contributed by atoms with E-state index in [0.717, 1.165) is 40.1 Å². The van der Waals surface area contributed by atoms with Crippen molar-refractivity contribution >= 4 is 11.0 Å². The van der Waals surface area contributed by atoms with Crippen molar-refractivity contribution in [2.45, 2.75) is 0 Å². The van der Waals surface area contributed by atoms with Crippen LogP contribution in [0.2, 0.25) is 0 Å². The molecule has 0 amide bonds. The van der Waals surface area contributed by atoms with Gasteiger partial charge >= 0.3 is 0 Å². The fraction of sp³-hybridized carbons (Fsp3) is 0. The fourth-order valence-electron chi connectivity index (χ4n) is 3.64. The minimum Gasteiger partial charge on any atom is -0.411 e. The third-order valence-corrected chi connectivity index (χ3v) is 5.26. The predicted octanol–water partition coefficient (Wildman–Crippen LogP) is 6.71. The summed E-state index contributed by atoms with van der Waals surface area (Å²) in [5, 5.41) is 0. The van der Waals surface area contributed by atoms with E-state index in [4.69, 9.17) is 0 Å². The third kappa shape index (κ3) is 5.43. The maximum Gasteiger partial charge on any atom is 0.0631 e. The number of hydrogen-bond acceptors (Lipinski definition) is 3. The van der Waals surface area contributed by atoms with Crippen LogP contribution in [0.15, 0.2) is 109 Å². The fourth-order valence-corrected chi connectivity index (χ4v) is 3.64. The minimum atomic E-state index is -0.649. The van der Waals surface area contributed by atoms with Gasteiger partial charge in [0.05, 0.1) is 5.82 Å². The maximum atomic E-state index is 13.2. The van der Waals surface area contributed by atoms with Crippen molar-refractivity contribution in [2.75, 3.05) is 0 Å². The molecule has 0 atom stereocenters. The number of aromatic nitrogens is 4. The van der Waals surface area contributed by atoms with E-state index in [1.165, 1.54) is 0 Å². The van der Waals surface area contributed by atoms with E-state index in [-0.39, 0.29) is 25.7 Å². The van der Waals surface area contributed by atoms with Crippen LogP contribution in [-0.4, -0.2) is 19.5 Å². The van der Waals surface area contributed by atoms with Crippen molar-refractivity contribution in [2.24, 2.45) is 0 Å². The molecular weight excluding hydrogens is 635 g/mol. The molecule has 0 fully saturated rings. The van der Waals surface area contributed by atoms with Crippen LogP contribution in [0.1, 0.15) is 0 Å². The summed E-state index contributed by atoms with van der Waals surface area (Å²) in [5.74, 6) is -0.441. The largest absolute Gasteiger partial charge is 0.411 e. The summed E-state index contributed by atoms with van der Waals surface area (Å²) >= 11 is 0. The smallest absolute Gasteiger partial charge is 0.0631 e. The molecule has 4 nitrogen and oxygen atoms in total. The van der Waals surface area contributed by atoms with Crippen LogP contribution in [-0.2, 0) is 20.1 Å². The van der Waals surface area contributed by atoms with Crippen molar-refractivity contribution in [3.63, 3.8) is 0 Å². The standard InChI is InChI=1S/C18H12N3.C11H6F2N.Ir/c1-2-7-14(8-3-1)15-9-6-12-19-18(15)21-13-20-16-10-4-5-11-17(16)21;12-8-4-5-9(10(13)7-8)11-3-1-2-6-14-11;/h1-12H;1-4,6-7H;/q2*-1;. The molecule has 6 rings (SSSR count). The molecule has 0 unspecified atom stereocenters. The number of hydrogen-bond donors (Lipinski definition) is 0. The molecular formula is C29H18F2IrN4-2. The quantitative estimate of drug-likeness (QED) is 0.200. The second-order valence-electron chi connectivity index (χ2n) is 7.53. The van der Waals surface area contributed by atoms with Gasteiger partial charge in [-0.25, -0.2) is 0 Å². The molecule has 0 saturated heterocycles. The van der Waals surface area contributed by atoms with Crippen LogP contribution in [0.25, 0.3) is 39.2 Å². The molecule has 0 N–H and O–H groups in total. The Morgan fingerprint density at radius 3 is 2.28 bits per heavy atom. The summed E-state index contributed by atoms with van der Waals surface area (Å²) in [7, 11) is 0. The Hall–Kier alpha value is -4.06. The Balaban J connectivity index is 0.000000178. The average molecular weight is 653 g/mol. The maximum absolute atomic E-state index is 13.2. The van der Waals surface area contributed by atoms with Gasteiger partial charge in [0.15, 0.2) is 0 Å². The van der Waals surface area contributed by atoms with Crippen LogP contribution in [0.5, 0.6) is 0 Å². The molecule has 0 aliphatic carbocycles. The molecule has 0 spiro atoms. The number of nitrogens with zero attached hydrogens (tertiary/aromatic N) is 4. The zero-order chi connectivity index (χ0) is 24.0. The molecule has 3 heterocycles. The van der Waals surface area contributed by atoms with Gasteiger partial charge in [0.2, 0.25) is 0 Å². The molecule has 3 aromatic heterocycles. The monoisotopic (exact) mass is 653 g/mol. The van der Waals surface area contributed by atoms with E-state index in [9.17, 15) is 8.78 Å². The van der Waals surface area contributed by atoms with Gasteiger partial charge < -0.3 is 14.5 Å². The number of rotatable bonds is 3. The zero-order valence-electron chi connectivity index (χ0n) is 18.8. The number of fused-ring (bicyclic) bond motifs is 1. The van der Waals surface area contributed by atoms with Crippen molar-refractivity contribution in [3.8, 4) is 28.2 Å². The van der Waals surface area contributed by atoms with E-state index in [1.54, 1.807) is 30.6 Å². The molecule has 1 radical (unpaired) electrons. The molecule has 0 bridgehead atoms. The second-order valence-corrected chi connectivity index (χ2v) is 7.53. The Kier molecular flexibility index (Phi) is 8.06. The van der Waals surface area contributed by atoms with Gasteiger partial charge in [-0.3, -0.25) is 13.8 Å². The molecule has 6 aromatic rings. The first-order chi connectivity index (χ1) is 17.2. The van der Waals surface area contributed by atoms with Gasteiger partial charge in [0, 0.05) is 50.5 Å². The van der Waals surface area contributed by atoms with Crippen LogP contribution >= 0.6 is 0 Å². The summed E-state index contributed by atoms with van der Waals surface area (Å²) in [6.45, 7) is 0. The number of imidazole rings is 1. The van der Waals surface area contributed by atoms with Gasteiger partial charge in [-0.2, -0.15) is 0 Å². The summed E-state index contributed by atoms with van der Waals surface area (Å²) in [5.41, 5.74) is 4.76. The van der Waals surface area contributed by atoms with E-state index in [0.29, 0.717) is 5.69 Å². The first kappa shape index (κ1) is 25.0. The van der Waals surface area contributed by atoms with Gasteiger partial charge in [0.1, 0.15) is 0 Å². The van der Waals surface area contributed by atoms with Gasteiger partial charge in [-0.15, -0.1) is 12.1 Å². The van der Waals surface area contributed by atoms with Crippen LogP contribution in [0.4, 0.5) is 8.78 Å². The van der Waals surface area contributed by atoms with Gasteiger partial charge in [-0.1, -0.05) is 89.9 Å². The molecule has 0 aliphatic heterocycles.